The van der Waals surface area contributed by atoms with E-state index in [0.29, 0.717) is 97.8 Å². The fourth-order valence-electron chi connectivity index (χ4n) is 4.87. The van der Waals surface area contributed by atoms with Crippen LogP contribution in [0, 0.1) is 0 Å². The van der Waals surface area contributed by atoms with Crippen molar-refractivity contribution in [1.82, 2.24) is 0 Å². The molecule has 213 valence electrons. The van der Waals surface area contributed by atoms with Crippen molar-refractivity contribution in [2.24, 2.45) is 0 Å². The lowest BCUT2D eigenvalue weighted by Crippen LogP contribution is -2.34. The van der Waals surface area contributed by atoms with Gasteiger partial charge in [0.05, 0.1) is 52.9 Å². The Hall–Kier alpha value is -1.99. The van der Waals surface area contributed by atoms with Crippen molar-refractivity contribution in [3.05, 3.63) is 47.5 Å². The van der Waals surface area contributed by atoms with E-state index in [0.717, 1.165) is 22.3 Å². The minimum Gasteiger partial charge on any atom is -0.537 e. The number of hydrogen-bond donors (Lipinski definition) is 3. The van der Waals surface area contributed by atoms with E-state index in [9.17, 15) is 15.1 Å². The molecule has 3 N–H and O–H groups in total. The summed E-state index contributed by atoms with van der Waals surface area (Å²) in [6, 6.07) is 11.1. The van der Waals surface area contributed by atoms with Gasteiger partial charge in [0.15, 0.2) is 0 Å². The number of hydrogen-bond acceptors (Lipinski definition) is 10. The Kier molecular flexibility index (Phi) is 13.7. The zero-order chi connectivity index (χ0) is 27.9. The lowest BCUT2D eigenvalue weighted by atomic mass is 9.70. The predicted molar refractivity (Wildman–Crippen MR) is 147 cm³/mol. The van der Waals surface area contributed by atoms with E-state index in [1.165, 1.54) is 0 Å². The monoisotopic (exact) mass is 545 g/mol. The molecule has 0 saturated heterocycles. The summed E-state index contributed by atoms with van der Waals surface area (Å²) in [7, 11) is 2.32. The summed E-state index contributed by atoms with van der Waals surface area (Å²) in [4.78, 5) is 0. The van der Waals surface area contributed by atoms with Gasteiger partial charge in [0.2, 0.25) is 0 Å². The van der Waals surface area contributed by atoms with E-state index < -0.39 is 12.5 Å². The molecule has 1 aliphatic carbocycles. The van der Waals surface area contributed by atoms with E-state index in [4.69, 9.17) is 33.1 Å². The molecule has 1 aliphatic rings. The van der Waals surface area contributed by atoms with Gasteiger partial charge in [0, 0.05) is 32.8 Å². The predicted octanol–water partition coefficient (Wildman–Crippen LogP) is 0.678. The summed E-state index contributed by atoms with van der Waals surface area (Å²) in [6.07, 6.45) is 1.21. The lowest BCUT2D eigenvalue weighted by molar-refractivity contribution is 0.0145. The summed E-state index contributed by atoms with van der Waals surface area (Å²) in [5, 5.41) is 29.1. The third-order valence-electron chi connectivity index (χ3n) is 6.80. The fraction of sp³-hybridized carbons (Fsp3) is 0.556. The Morgan fingerprint density at radius 2 is 1.15 bits per heavy atom. The van der Waals surface area contributed by atoms with Crippen molar-refractivity contribution in [2.75, 3.05) is 80.3 Å². The van der Waals surface area contributed by atoms with Gasteiger partial charge in [-0.1, -0.05) is 24.3 Å². The molecular weight excluding hydrogens is 506 g/mol. The van der Waals surface area contributed by atoms with Crippen molar-refractivity contribution in [3.63, 3.8) is 0 Å². The quantitative estimate of drug-likeness (QED) is 0.152. The molecule has 1 radical (unpaired) electrons. The Bertz CT molecular complexity index is 971. The Morgan fingerprint density at radius 3 is 1.67 bits per heavy atom. The van der Waals surface area contributed by atoms with E-state index in [1.807, 2.05) is 24.3 Å². The van der Waals surface area contributed by atoms with Gasteiger partial charge in [0.25, 0.3) is 0 Å². The summed E-state index contributed by atoms with van der Waals surface area (Å²) >= 11 is 0. The maximum absolute atomic E-state index is 9.93. The molecule has 0 aliphatic heterocycles. The van der Waals surface area contributed by atoms with Crippen LogP contribution in [0.15, 0.2) is 36.4 Å². The normalized spacial score (nSPS) is 13.3. The second-order valence-electron chi connectivity index (χ2n) is 9.13. The highest BCUT2D eigenvalue weighted by Crippen LogP contribution is 2.53. The van der Waals surface area contributed by atoms with Crippen LogP contribution in [0.25, 0.3) is 11.1 Å². The second-order valence-corrected chi connectivity index (χ2v) is 9.13. The van der Waals surface area contributed by atoms with Crippen LogP contribution in [0.4, 0.5) is 0 Å². The van der Waals surface area contributed by atoms with Gasteiger partial charge >= 0.3 is 14.8 Å². The molecule has 0 amide bonds. The van der Waals surface area contributed by atoms with Crippen LogP contribution in [0.3, 0.4) is 0 Å². The van der Waals surface area contributed by atoms with Crippen LogP contribution < -0.4 is 10.1 Å². The van der Waals surface area contributed by atoms with Gasteiger partial charge in [-0.25, -0.2) is 0 Å². The van der Waals surface area contributed by atoms with Crippen molar-refractivity contribution in [2.45, 2.75) is 18.3 Å². The Balaban J connectivity index is 1.82. The number of benzene rings is 2. The number of fused-ring (bicyclic) bond motifs is 3. The topological polar surface area (TPSA) is 125 Å². The van der Waals surface area contributed by atoms with Gasteiger partial charge in [-0.3, -0.25) is 0 Å². The minimum atomic E-state index is -1.60. The second kappa shape index (κ2) is 17.0. The van der Waals surface area contributed by atoms with Gasteiger partial charge in [-0.2, -0.15) is 0 Å². The van der Waals surface area contributed by atoms with E-state index >= 15 is 0 Å². The maximum Gasteiger partial charge on any atom is 0.569 e. The molecule has 0 aromatic heterocycles. The van der Waals surface area contributed by atoms with Crippen LogP contribution in [0.2, 0.25) is 0 Å². The summed E-state index contributed by atoms with van der Waals surface area (Å²) < 4.78 is 38.2. The van der Waals surface area contributed by atoms with Crippen molar-refractivity contribution in [1.29, 1.82) is 0 Å². The van der Waals surface area contributed by atoms with Gasteiger partial charge < -0.3 is 48.1 Å². The molecule has 3 rings (SSSR count). The number of rotatable bonds is 21. The van der Waals surface area contributed by atoms with Gasteiger partial charge in [0.1, 0.15) is 5.75 Å². The highest BCUT2D eigenvalue weighted by molar-refractivity contribution is 6.58. The smallest absolute Gasteiger partial charge is 0.537 e. The van der Waals surface area contributed by atoms with Crippen LogP contribution in [-0.2, 0) is 33.8 Å². The SMILES string of the molecule is COCCOCCOCCC1(CCOCCOCCOC)c2cc(O[B]O)ccc2-c2ccc(B(O)O)cc21. The molecule has 0 heterocycles. The van der Waals surface area contributed by atoms with Crippen molar-refractivity contribution in [3.8, 4) is 16.9 Å². The molecule has 0 spiro atoms. The molecule has 12 heteroatoms. The number of methoxy groups -OCH3 is 2. The molecule has 2 aromatic rings. The van der Waals surface area contributed by atoms with Crippen molar-refractivity contribution < 1.29 is 48.1 Å². The summed E-state index contributed by atoms with van der Waals surface area (Å²) in [6.45, 7) is 4.75. The molecule has 10 nitrogen and oxygen atoms in total. The fourth-order valence-corrected chi connectivity index (χ4v) is 4.87. The standard InChI is InChI=1S/C27H39B2O10/c1-33-11-13-37-17-15-35-9-7-27(8-10-36-16-18-38-14-12-34-2)25-19-21(29(31)32)3-5-23(25)24-6-4-22(39-28-30)20-26(24)27/h3-6,19-20,30-32H,7-18H2,1-2H3. The van der Waals surface area contributed by atoms with Gasteiger partial charge in [-0.15, -0.1) is 0 Å². The molecule has 0 unspecified atom stereocenters. The Morgan fingerprint density at radius 1 is 0.667 bits per heavy atom. The number of ether oxygens (including phenoxy) is 6. The molecule has 39 heavy (non-hydrogen) atoms. The van der Waals surface area contributed by atoms with Gasteiger partial charge in [-0.05, 0) is 52.7 Å². The first kappa shape index (κ1) is 31.5. The minimum absolute atomic E-state index is 0.408. The van der Waals surface area contributed by atoms with Crippen LogP contribution >= 0.6 is 0 Å². The molecule has 0 saturated carbocycles. The zero-order valence-corrected chi connectivity index (χ0v) is 22.8. The highest BCUT2D eigenvalue weighted by Gasteiger charge is 2.43. The van der Waals surface area contributed by atoms with Crippen molar-refractivity contribution >= 4 is 20.3 Å². The third-order valence-corrected chi connectivity index (χ3v) is 6.80. The maximum atomic E-state index is 9.93. The van der Waals surface area contributed by atoms with E-state index in [2.05, 4.69) is 0 Å². The largest absolute Gasteiger partial charge is 0.569 e. The molecule has 0 fully saturated rings. The molecule has 0 atom stereocenters. The average Bonchev–Trinajstić information content (AvgIpc) is 3.20. The lowest BCUT2D eigenvalue weighted by Gasteiger charge is -2.33. The first-order valence-corrected chi connectivity index (χ1v) is 13.1. The van der Waals surface area contributed by atoms with E-state index in [-0.39, 0.29) is 0 Å². The first-order chi connectivity index (χ1) is 19.1. The zero-order valence-electron chi connectivity index (χ0n) is 22.8. The Labute approximate surface area is 231 Å². The molecule has 0 bridgehead atoms. The molecular formula is C27H39B2O10. The summed E-state index contributed by atoms with van der Waals surface area (Å²) in [5.41, 5.74) is 3.83. The van der Waals surface area contributed by atoms with Crippen LogP contribution in [0.5, 0.6) is 5.75 Å². The van der Waals surface area contributed by atoms with E-state index in [1.54, 1.807) is 26.4 Å². The highest BCUT2D eigenvalue weighted by atomic mass is 16.5. The average molecular weight is 545 g/mol. The van der Waals surface area contributed by atoms with Crippen LogP contribution in [-0.4, -0.2) is 110 Å². The van der Waals surface area contributed by atoms with Crippen LogP contribution in [0.1, 0.15) is 24.0 Å². The first-order valence-electron chi connectivity index (χ1n) is 13.1. The molecule has 2 aromatic carbocycles. The summed E-state index contributed by atoms with van der Waals surface area (Å²) in [5.74, 6) is 0.496. The third kappa shape index (κ3) is 8.75.